The number of sulfonamides is 1. The van der Waals surface area contributed by atoms with E-state index in [0.29, 0.717) is 38.1 Å². The number of nitrogens with zero attached hydrogens (tertiary/aromatic N) is 4. The molecule has 0 saturated carbocycles. The van der Waals surface area contributed by atoms with Crippen LogP contribution in [0.3, 0.4) is 0 Å². The standard InChI is InChI=1S/C19H16N6O2S2/c1-12(24-19-17-18(21-10-20-17)22-11-23-19)14-9-15-16(7-8-28-15)29(26,27)25(14)13-5-3-2-4-6-13/h2-12H,1H3,(H2,20,21,22,23,24). The SMILES string of the molecule is CC(Nc1ncnc2[nH]cnc12)C1=Cc2sccc2S(=O)(=O)N1c1ccccc1. The van der Waals surface area contributed by atoms with E-state index < -0.39 is 10.0 Å². The molecular formula is C19H16N6O2S2. The highest BCUT2D eigenvalue weighted by Crippen LogP contribution is 2.39. The van der Waals surface area contributed by atoms with Gasteiger partial charge in [-0.15, -0.1) is 11.3 Å². The average molecular weight is 425 g/mol. The van der Waals surface area contributed by atoms with Gasteiger partial charge in [-0.25, -0.2) is 27.7 Å². The molecule has 8 nitrogen and oxygen atoms in total. The molecule has 146 valence electrons. The molecule has 0 aliphatic carbocycles. The lowest BCUT2D eigenvalue weighted by molar-refractivity contribution is 0.592. The van der Waals surface area contributed by atoms with Gasteiger partial charge in [0.2, 0.25) is 0 Å². The highest BCUT2D eigenvalue weighted by Gasteiger charge is 2.36. The number of benzene rings is 1. The molecule has 4 heterocycles. The van der Waals surface area contributed by atoms with Crippen molar-refractivity contribution in [3.63, 3.8) is 0 Å². The molecule has 1 atom stereocenters. The molecule has 10 heteroatoms. The van der Waals surface area contributed by atoms with Crippen molar-refractivity contribution in [3.05, 3.63) is 65.0 Å². The fourth-order valence-electron chi connectivity index (χ4n) is 3.36. The van der Waals surface area contributed by atoms with Gasteiger partial charge >= 0.3 is 0 Å². The second-order valence-corrected chi connectivity index (χ2v) is 9.21. The van der Waals surface area contributed by atoms with Crippen LogP contribution in [0.25, 0.3) is 17.2 Å². The lowest BCUT2D eigenvalue weighted by Crippen LogP contribution is -2.39. The minimum Gasteiger partial charge on any atom is -0.360 e. The molecule has 0 spiro atoms. The van der Waals surface area contributed by atoms with Crippen molar-refractivity contribution in [1.82, 2.24) is 19.9 Å². The van der Waals surface area contributed by atoms with E-state index in [4.69, 9.17) is 0 Å². The number of rotatable bonds is 4. The Kier molecular flexibility index (Phi) is 4.10. The third-order valence-electron chi connectivity index (χ3n) is 4.69. The molecule has 1 unspecified atom stereocenters. The van der Waals surface area contributed by atoms with Gasteiger partial charge in [0, 0.05) is 4.88 Å². The molecule has 0 fully saturated rings. The van der Waals surface area contributed by atoms with Crippen LogP contribution < -0.4 is 9.62 Å². The van der Waals surface area contributed by atoms with E-state index in [0.717, 1.165) is 0 Å². The van der Waals surface area contributed by atoms with Crippen LogP contribution in [0.2, 0.25) is 0 Å². The molecule has 0 bridgehead atoms. The average Bonchev–Trinajstić information content (AvgIpc) is 3.38. The van der Waals surface area contributed by atoms with Gasteiger partial charge in [-0.05, 0) is 36.6 Å². The van der Waals surface area contributed by atoms with Crippen LogP contribution in [0.4, 0.5) is 11.5 Å². The number of aromatic nitrogens is 4. The van der Waals surface area contributed by atoms with Crippen molar-refractivity contribution in [1.29, 1.82) is 0 Å². The maximum atomic E-state index is 13.4. The van der Waals surface area contributed by atoms with Crippen molar-refractivity contribution in [2.24, 2.45) is 0 Å². The summed E-state index contributed by atoms with van der Waals surface area (Å²) in [5, 5.41) is 5.09. The smallest absolute Gasteiger partial charge is 0.269 e. The molecule has 29 heavy (non-hydrogen) atoms. The van der Waals surface area contributed by atoms with E-state index >= 15 is 0 Å². The fraction of sp³-hybridized carbons (Fsp3) is 0.105. The molecule has 4 aromatic rings. The van der Waals surface area contributed by atoms with Crippen LogP contribution in [0.5, 0.6) is 0 Å². The van der Waals surface area contributed by atoms with Gasteiger partial charge in [0.15, 0.2) is 11.5 Å². The molecule has 2 N–H and O–H groups in total. The van der Waals surface area contributed by atoms with Crippen LogP contribution >= 0.6 is 11.3 Å². The van der Waals surface area contributed by atoms with Gasteiger partial charge in [0.05, 0.1) is 23.8 Å². The number of thiophene rings is 1. The maximum Gasteiger partial charge on any atom is 0.269 e. The van der Waals surface area contributed by atoms with Crippen LogP contribution in [-0.4, -0.2) is 34.4 Å². The summed E-state index contributed by atoms with van der Waals surface area (Å²) in [5.74, 6) is 0.534. The Hall–Kier alpha value is -3.24. The highest BCUT2D eigenvalue weighted by molar-refractivity contribution is 7.93. The summed E-state index contributed by atoms with van der Waals surface area (Å²) in [6.07, 6.45) is 4.90. The van der Waals surface area contributed by atoms with E-state index in [1.165, 1.54) is 22.0 Å². The predicted molar refractivity (Wildman–Crippen MR) is 113 cm³/mol. The third kappa shape index (κ3) is 2.88. The number of imidazole rings is 1. The number of nitrogens with one attached hydrogen (secondary N) is 2. The zero-order valence-electron chi connectivity index (χ0n) is 15.3. The van der Waals surface area contributed by atoms with Crippen molar-refractivity contribution in [2.45, 2.75) is 17.9 Å². The van der Waals surface area contributed by atoms with Crippen LogP contribution in [0.1, 0.15) is 11.8 Å². The predicted octanol–water partition coefficient (Wildman–Crippen LogP) is 3.46. The molecule has 1 aliphatic rings. The Bertz CT molecular complexity index is 1330. The number of fused-ring (bicyclic) bond motifs is 2. The molecule has 0 radical (unpaired) electrons. The first-order valence-electron chi connectivity index (χ1n) is 8.86. The summed E-state index contributed by atoms with van der Waals surface area (Å²) in [4.78, 5) is 16.7. The molecule has 0 saturated heterocycles. The zero-order chi connectivity index (χ0) is 20.0. The zero-order valence-corrected chi connectivity index (χ0v) is 16.9. The third-order valence-corrected chi connectivity index (χ3v) is 7.50. The molecular weight excluding hydrogens is 408 g/mol. The van der Waals surface area contributed by atoms with E-state index in [1.807, 2.05) is 31.2 Å². The lowest BCUT2D eigenvalue weighted by atomic mass is 10.2. The summed E-state index contributed by atoms with van der Waals surface area (Å²) in [6, 6.07) is 10.3. The van der Waals surface area contributed by atoms with E-state index in [-0.39, 0.29) is 6.04 Å². The summed E-state index contributed by atoms with van der Waals surface area (Å²) in [6.45, 7) is 1.90. The quantitative estimate of drug-likeness (QED) is 0.520. The van der Waals surface area contributed by atoms with Crippen molar-refractivity contribution in [2.75, 3.05) is 9.62 Å². The van der Waals surface area contributed by atoms with Gasteiger partial charge in [-0.2, -0.15) is 0 Å². The Morgan fingerprint density at radius 2 is 1.97 bits per heavy atom. The lowest BCUT2D eigenvalue weighted by Gasteiger charge is -2.33. The summed E-state index contributed by atoms with van der Waals surface area (Å²) in [7, 11) is -3.73. The molecule has 0 amide bonds. The first-order valence-corrected chi connectivity index (χ1v) is 11.2. The van der Waals surface area contributed by atoms with Gasteiger partial charge in [0.25, 0.3) is 10.0 Å². The van der Waals surface area contributed by atoms with E-state index in [1.54, 1.807) is 29.9 Å². The second-order valence-electron chi connectivity index (χ2n) is 6.51. The highest BCUT2D eigenvalue weighted by atomic mass is 32.2. The number of H-pyrrole nitrogens is 1. The summed E-state index contributed by atoms with van der Waals surface area (Å²) in [5.41, 5.74) is 2.40. The number of para-hydroxylation sites is 1. The van der Waals surface area contributed by atoms with Gasteiger partial charge in [0.1, 0.15) is 16.7 Å². The van der Waals surface area contributed by atoms with E-state index in [2.05, 4.69) is 25.3 Å². The normalized spacial score (nSPS) is 16.3. The van der Waals surface area contributed by atoms with Gasteiger partial charge in [-0.1, -0.05) is 18.2 Å². The van der Waals surface area contributed by atoms with Crippen molar-refractivity contribution >= 4 is 50.1 Å². The maximum absolute atomic E-state index is 13.4. The minimum absolute atomic E-state index is 0.319. The minimum atomic E-state index is -3.73. The van der Waals surface area contributed by atoms with Gasteiger partial charge < -0.3 is 10.3 Å². The van der Waals surface area contributed by atoms with Crippen molar-refractivity contribution in [3.8, 4) is 0 Å². The molecule has 1 aliphatic heterocycles. The first kappa shape index (κ1) is 17.8. The Labute approximate surface area is 171 Å². The van der Waals surface area contributed by atoms with E-state index in [9.17, 15) is 8.42 Å². The molecule has 3 aromatic heterocycles. The van der Waals surface area contributed by atoms with Crippen LogP contribution in [-0.2, 0) is 10.0 Å². The Morgan fingerprint density at radius 1 is 1.14 bits per heavy atom. The number of anilines is 2. The molecule has 1 aromatic carbocycles. The fourth-order valence-corrected chi connectivity index (χ4v) is 6.27. The largest absolute Gasteiger partial charge is 0.360 e. The summed E-state index contributed by atoms with van der Waals surface area (Å²) < 4.78 is 28.2. The Morgan fingerprint density at radius 3 is 2.79 bits per heavy atom. The summed E-state index contributed by atoms with van der Waals surface area (Å²) >= 11 is 1.40. The number of aromatic amines is 1. The first-order chi connectivity index (χ1) is 14.1. The van der Waals surface area contributed by atoms with Crippen molar-refractivity contribution < 1.29 is 8.42 Å². The van der Waals surface area contributed by atoms with Gasteiger partial charge in [-0.3, -0.25) is 0 Å². The van der Waals surface area contributed by atoms with Crippen LogP contribution in [0, 0.1) is 0 Å². The topological polar surface area (TPSA) is 104 Å². The number of hydrogen-bond donors (Lipinski definition) is 2. The number of hydrogen-bond acceptors (Lipinski definition) is 7. The van der Waals surface area contributed by atoms with Crippen LogP contribution in [0.15, 0.2) is 65.0 Å². The Balaban J connectivity index is 1.62. The second kappa shape index (κ2) is 6.68. The monoisotopic (exact) mass is 424 g/mol. The molecule has 5 rings (SSSR count).